The summed E-state index contributed by atoms with van der Waals surface area (Å²) in [5.41, 5.74) is 0.365. The van der Waals surface area contributed by atoms with Crippen LogP contribution in [-0.2, 0) is 0 Å². The van der Waals surface area contributed by atoms with Gasteiger partial charge >= 0.3 is 6.03 Å². The molecule has 3 N–H and O–H groups in total. The molecule has 108 valence electrons. The minimum atomic E-state index is -0.493. The summed E-state index contributed by atoms with van der Waals surface area (Å²) in [6.07, 6.45) is 3.36. The Bertz CT molecular complexity index is 488. The van der Waals surface area contributed by atoms with E-state index in [1.54, 1.807) is 6.07 Å². The van der Waals surface area contributed by atoms with Gasteiger partial charge in [-0.3, -0.25) is 10.1 Å². The van der Waals surface area contributed by atoms with Crippen molar-refractivity contribution in [1.29, 1.82) is 0 Å². The number of carbonyl (C=O) groups excluding carboxylic acids is 1. The highest BCUT2D eigenvalue weighted by Crippen LogP contribution is 2.18. The van der Waals surface area contributed by atoms with Gasteiger partial charge in [-0.1, -0.05) is 6.07 Å². The number of urea groups is 1. The molecule has 1 fully saturated rings. The molecule has 7 heteroatoms. The van der Waals surface area contributed by atoms with Crippen LogP contribution in [0.2, 0.25) is 0 Å². The molecule has 2 rings (SSSR count). The lowest BCUT2D eigenvalue weighted by molar-refractivity contribution is -0.384. The second-order valence-electron chi connectivity index (χ2n) is 4.77. The molecule has 0 spiro atoms. The van der Waals surface area contributed by atoms with Gasteiger partial charge in [0.15, 0.2) is 0 Å². The first kappa shape index (κ1) is 14.3. The van der Waals surface area contributed by atoms with Gasteiger partial charge in [0.2, 0.25) is 0 Å². The molecule has 0 aromatic heterocycles. The number of nitro groups is 1. The molecule has 1 aliphatic rings. The number of rotatable bonds is 7. The second-order valence-corrected chi connectivity index (χ2v) is 4.77. The van der Waals surface area contributed by atoms with Crippen LogP contribution in [0.25, 0.3) is 0 Å². The summed E-state index contributed by atoms with van der Waals surface area (Å²) in [6, 6.07) is 6.18. The topological polar surface area (TPSA) is 96.3 Å². The molecule has 0 bridgehead atoms. The highest BCUT2D eigenvalue weighted by molar-refractivity contribution is 5.89. The quantitative estimate of drug-likeness (QED) is 0.403. The Balaban J connectivity index is 1.67. The minimum absolute atomic E-state index is 0.0450. The Morgan fingerprint density at radius 2 is 2.15 bits per heavy atom. The summed E-state index contributed by atoms with van der Waals surface area (Å²) in [7, 11) is 0. The third-order valence-corrected chi connectivity index (χ3v) is 2.96. The number of anilines is 1. The number of amides is 2. The molecule has 1 aromatic rings. The van der Waals surface area contributed by atoms with Gasteiger partial charge in [0, 0.05) is 30.4 Å². The van der Waals surface area contributed by atoms with E-state index in [0.29, 0.717) is 18.3 Å². The number of benzene rings is 1. The average molecular weight is 278 g/mol. The lowest BCUT2D eigenvalue weighted by Crippen LogP contribution is -2.31. The standard InChI is InChI=1S/C13H18N4O3/c18-13(15-8-2-7-14-10-5-6-10)16-11-3-1-4-12(9-11)17(19)20/h1,3-4,9-10,14H,2,5-8H2,(H2,15,16,18). The van der Waals surface area contributed by atoms with Gasteiger partial charge in [0.05, 0.1) is 4.92 Å². The number of nitrogens with zero attached hydrogens (tertiary/aromatic N) is 1. The molecule has 1 aromatic carbocycles. The largest absolute Gasteiger partial charge is 0.338 e. The zero-order chi connectivity index (χ0) is 14.4. The van der Waals surface area contributed by atoms with Crippen molar-refractivity contribution in [1.82, 2.24) is 10.6 Å². The Morgan fingerprint density at radius 3 is 2.85 bits per heavy atom. The van der Waals surface area contributed by atoms with Crippen molar-refractivity contribution in [2.75, 3.05) is 18.4 Å². The molecule has 2 amide bonds. The number of non-ortho nitro benzene ring substituents is 1. The zero-order valence-corrected chi connectivity index (χ0v) is 11.1. The number of hydrogen-bond acceptors (Lipinski definition) is 4. The Labute approximate surface area is 116 Å². The fourth-order valence-corrected chi connectivity index (χ4v) is 1.76. The maximum Gasteiger partial charge on any atom is 0.319 e. The fourth-order valence-electron chi connectivity index (χ4n) is 1.76. The van der Waals surface area contributed by atoms with E-state index in [2.05, 4.69) is 16.0 Å². The molecule has 7 nitrogen and oxygen atoms in total. The first-order chi connectivity index (χ1) is 9.65. The number of hydrogen-bond donors (Lipinski definition) is 3. The first-order valence-corrected chi connectivity index (χ1v) is 6.68. The van der Waals surface area contributed by atoms with Crippen molar-refractivity contribution in [2.45, 2.75) is 25.3 Å². The van der Waals surface area contributed by atoms with Crippen molar-refractivity contribution in [3.8, 4) is 0 Å². The highest BCUT2D eigenvalue weighted by atomic mass is 16.6. The van der Waals surface area contributed by atoms with Crippen LogP contribution in [0.3, 0.4) is 0 Å². The van der Waals surface area contributed by atoms with Crippen LogP contribution in [0.5, 0.6) is 0 Å². The van der Waals surface area contributed by atoms with Crippen molar-refractivity contribution in [2.24, 2.45) is 0 Å². The molecule has 0 atom stereocenters. The van der Waals surface area contributed by atoms with Crippen molar-refractivity contribution >= 4 is 17.4 Å². The van der Waals surface area contributed by atoms with Crippen LogP contribution in [0.15, 0.2) is 24.3 Å². The van der Waals surface area contributed by atoms with Crippen molar-refractivity contribution in [3.63, 3.8) is 0 Å². The fraction of sp³-hybridized carbons (Fsp3) is 0.462. The predicted molar refractivity (Wildman–Crippen MR) is 75.8 cm³/mol. The smallest absolute Gasteiger partial charge is 0.319 e. The van der Waals surface area contributed by atoms with Gasteiger partial charge in [0.25, 0.3) is 5.69 Å². The van der Waals surface area contributed by atoms with Crippen molar-refractivity contribution < 1.29 is 9.72 Å². The van der Waals surface area contributed by atoms with Gasteiger partial charge in [-0.05, 0) is 31.9 Å². The van der Waals surface area contributed by atoms with E-state index >= 15 is 0 Å². The van der Waals surface area contributed by atoms with Gasteiger partial charge in [-0.2, -0.15) is 0 Å². The van der Waals surface area contributed by atoms with Crippen LogP contribution in [0.1, 0.15) is 19.3 Å². The minimum Gasteiger partial charge on any atom is -0.338 e. The van der Waals surface area contributed by atoms with E-state index < -0.39 is 4.92 Å². The highest BCUT2D eigenvalue weighted by Gasteiger charge is 2.19. The second kappa shape index (κ2) is 6.85. The summed E-state index contributed by atoms with van der Waals surface area (Å²) in [5, 5.41) is 19.3. The molecular weight excluding hydrogens is 260 g/mol. The Morgan fingerprint density at radius 1 is 1.35 bits per heavy atom. The monoisotopic (exact) mass is 278 g/mol. The lowest BCUT2D eigenvalue weighted by Gasteiger charge is -2.07. The molecule has 1 saturated carbocycles. The van der Waals surface area contributed by atoms with Gasteiger partial charge in [0.1, 0.15) is 0 Å². The molecule has 20 heavy (non-hydrogen) atoms. The van der Waals surface area contributed by atoms with Crippen LogP contribution < -0.4 is 16.0 Å². The molecule has 0 radical (unpaired) electrons. The number of carbonyl (C=O) groups is 1. The molecule has 0 heterocycles. The Kier molecular flexibility index (Phi) is 4.89. The normalized spacial score (nSPS) is 13.8. The molecule has 0 unspecified atom stereocenters. The zero-order valence-electron chi connectivity index (χ0n) is 11.1. The maximum absolute atomic E-state index is 11.6. The van der Waals surface area contributed by atoms with E-state index in [4.69, 9.17) is 0 Å². The van der Waals surface area contributed by atoms with E-state index in [1.165, 1.54) is 31.0 Å². The summed E-state index contributed by atoms with van der Waals surface area (Å²) < 4.78 is 0. The van der Waals surface area contributed by atoms with E-state index in [-0.39, 0.29) is 11.7 Å². The molecule has 0 aliphatic heterocycles. The van der Waals surface area contributed by atoms with Gasteiger partial charge in [-0.15, -0.1) is 0 Å². The third-order valence-electron chi connectivity index (χ3n) is 2.96. The Hall–Kier alpha value is -2.15. The average Bonchev–Trinajstić information content (AvgIpc) is 3.22. The summed E-state index contributed by atoms with van der Waals surface area (Å²) in [6.45, 7) is 1.46. The van der Waals surface area contributed by atoms with E-state index in [9.17, 15) is 14.9 Å². The summed E-state index contributed by atoms with van der Waals surface area (Å²) in [5.74, 6) is 0. The first-order valence-electron chi connectivity index (χ1n) is 6.68. The molecule has 0 saturated heterocycles. The SMILES string of the molecule is O=C(NCCCNC1CC1)Nc1cccc([N+](=O)[O-])c1. The maximum atomic E-state index is 11.6. The van der Waals surface area contributed by atoms with Crippen LogP contribution in [0.4, 0.5) is 16.2 Å². The van der Waals surface area contributed by atoms with Crippen LogP contribution >= 0.6 is 0 Å². The van der Waals surface area contributed by atoms with Gasteiger partial charge < -0.3 is 16.0 Å². The summed E-state index contributed by atoms with van der Waals surface area (Å²) in [4.78, 5) is 21.7. The predicted octanol–water partition coefficient (Wildman–Crippen LogP) is 1.86. The number of nitrogens with one attached hydrogen (secondary N) is 3. The van der Waals surface area contributed by atoms with Crippen molar-refractivity contribution in [3.05, 3.63) is 34.4 Å². The molecular formula is C13H18N4O3. The third kappa shape index (κ3) is 4.85. The van der Waals surface area contributed by atoms with E-state index in [0.717, 1.165) is 13.0 Å². The molecule has 1 aliphatic carbocycles. The van der Waals surface area contributed by atoms with Crippen LogP contribution in [0, 0.1) is 10.1 Å². The lowest BCUT2D eigenvalue weighted by atomic mass is 10.3. The summed E-state index contributed by atoms with van der Waals surface area (Å²) >= 11 is 0. The van der Waals surface area contributed by atoms with Gasteiger partial charge in [-0.25, -0.2) is 4.79 Å². The number of nitro benzene ring substituents is 1. The van der Waals surface area contributed by atoms with E-state index in [1.807, 2.05) is 0 Å². The van der Waals surface area contributed by atoms with Crippen LogP contribution in [-0.4, -0.2) is 30.1 Å².